The molecule has 274 valence electrons. The van der Waals surface area contributed by atoms with Crippen LogP contribution in [0.5, 0.6) is 0 Å². The predicted octanol–water partition coefficient (Wildman–Crippen LogP) is 9.05. The molecule has 0 aromatic heterocycles. The second-order valence-electron chi connectivity index (χ2n) is 14.0. The number of carbonyl (C=O) groups excluding carboxylic acids is 2. The van der Waals surface area contributed by atoms with Crippen LogP contribution in [0.15, 0.2) is 0 Å². The first-order valence-electron chi connectivity index (χ1n) is 18.7. The number of quaternary nitrogens is 1. The number of hydrogen-bond donors (Lipinski definition) is 0. The lowest BCUT2D eigenvalue weighted by atomic mass is 10.0. The first kappa shape index (κ1) is 45.0. The number of hydrogen-bond acceptors (Lipinski definition) is 8. The van der Waals surface area contributed by atoms with Crippen molar-refractivity contribution in [3.05, 3.63) is 0 Å². The molecule has 0 amide bonds. The average Bonchev–Trinajstić information content (AvgIpc) is 2.99. The van der Waals surface area contributed by atoms with Crippen molar-refractivity contribution in [1.29, 1.82) is 0 Å². The number of unbranched alkanes of at least 4 members (excludes halogenated alkanes) is 20. The number of likely N-dealkylation sites (N-methyl/N-ethyl adjacent to an activating group) is 1. The van der Waals surface area contributed by atoms with Gasteiger partial charge in [-0.15, -0.1) is 0 Å². The molecular formula is C36H72NO8P. The Balaban J connectivity index is 4.24. The Labute approximate surface area is 283 Å². The smallest absolute Gasteiger partial charge is 0.306 e. The van der Waals surface area contributed by atoms with Crippen molar-refractivity contribution in [2.24, 2.45) is 0 Å². The second-order valence-corrected chi connectivity index (χ2v) is 15.4. The Hall–Kier alpha value is -0.990. The van der Waals surface area contributed by atoms with Crippen molar-refractivity contribution in [2.75, 3.05) is 47.5 Å². The van der Waals surface area contributed by atoms with Gasteiger partial charge in [0.25, 0.3) is 7.82 Å². The van der Waals surface area contributed by atoms with Crippen LogP contribution >= 0.6 is 7.82 Å². The number of phosphoric ester groups is 1. The summed E-state index contributed by atoms with van der Waals surface area (Å²) in [5.74, 6) is -0.841. The van der Waals surface area contributed by atoms with Crippen LogP contribution in [-0.2, 0) is 32.7 Å². The van der Waals surface area contributed by atoms with E-state index in [-0.39, 0.29) is 26.1 Å². The van der Waals surface area contributed by atoms with Crippen LogP contribution in [0.1, 0.15) is 168 Å². The first-order valence-corrected chi connectivity index (χ1v) is 20.2. The predicted molar refractivity (Wildman–Crippen MR) is 185 cm³/mol. The molecule has 0 fully saturated rings. The molecule has 2 atom stereocenters. The van der Waals surface area contributed by atoms with Crippen molar-refractivity contribution in [2.45, 2.75) is 174 Å². The highest BCUT2D eigenvalue weighted by Gasteiger charge is 2.21. The van der Waals surface area contributed by atoms with Crippen molar-refractivity contribution >= 4 is 19.8 Å². The highest BCUT2D eigenvalue weighted by molar-refractivity contribution is 7.45. The van der Waals surface area contributed by atoms with E-state index in [0.29, 0.717) is 17.4 Å². The van der Waals surface area contributed by atoms with E-state index in [4.69, 9.17) is 18.5 Å². The van der Waals surface area contributed by atoms with E-state index >= 15 is 0 Å². The summed E-state index contributed by atoms with van der Waals surface area (Å²) in [4.78, 5) is 37.0. The van der Waals surface area contributed by atoms with Crippen LogP contribution in [0.4, 0.5) is 0 Å². The molecule has 0 rings (SSSR count). The van der Waals surface area contributed by atoms with Gasteiger partial charge in [-0.3, -0.25) is 14.2 Å². The summed E-state index contributed by atoms with van der Waals surface area (Å²) < 4.78 is 33.5. The van der Waals surface area contributed by atoms with Crippen LogP contribution < -0.4 is 4.89 Å². The molecule has 0 bridgehead atoms. The van der Waals surface area contributed by atoms with Crippen LogP contribution in [0.2, 0.25) is 0 Å². The van der Waals surface area contributed by atoms with Crippen molar-refractivity contribution in [1.82, 2.24) is 0 Å². The molecule has 0 spiro atoms. The minimum atomic E-state index is -4.60. The maximum absolute atomic E-state index is 12.5. The molecule has 0 heterocycles. The fourth-order valence-electron chi connectivity index (χ4n) is 5.12. The van der Waals surface area contributed by atoms with E-state index in [0.717, 1.165) is 44.9 Å². The van der Waals surface area contributed by atoms with E-state index in [1.165, 1.54) is 89.9 Å². The van der Waals surface area contributed by atoms with Gasteiger partial charge in [-0.1, -0.05) is 142 Å². The summed E-state index contributed by atoms with van der Waals surface area (Å²) in [6.45, 7) is 4.14. The summed E-state index contributed by atoms with van der Waals surface area (Å²) in [7, 11) is 1.17. The third-order valence-electron chi connectivity index (χ3n) is 8.13. The van der Waals surface area contributed by atoms with Crippen LogP contribution in [0, 0.1) is 0 Å². The molecule has 9 nitrogen and oxygen atoms in total. The maximum Gasteiger partial charge on any atom is 0.306 e. The molecule has 0 aromatic carbocycles. The number of esters is 2. The fraction of sp³-hybridized carbons (Fsp3) is 0.944. The number of carbonyl (C=O) groups is 2. The van der Waals surface area contributed by atoms with E-state index in [1.54, 1.807) is 0 Å². The zero-order chi connectivity index (χ0) is 34.4. The Bertz CT molecular complexity index is 774. The molecule has 0 saturated carbocycles. The Kier molecular flexibility index (Phi) is 29.4. The summed E-state index contributed by atoms with van der Waals surface area (Å²) in [5, 5.41) is 0. The lowest BCUT2D eigenvalue weighted by Gasteiger charge is -2.28. The van der Waals surface area contributed by atoms with E-state index < -0.39 is 32.5 Å². The molecule has 10 heteroatoms. The van der Waals surface area contributed by atoms with Gasteiger partial charge in [0.2, 0.25) is 0 Å². The van der Waals surface area contributed by atoms with Gasteiger partial charge in [-0.2, -0.15) is 0 Å². The summed E-state index contributed by atoms with van der Waals surface area (Å²) >= 11 is 0. The molecular weight excluding hydrogens is 605 g/mol. The molecule has 0 aliphatic carbocycles. The first-order chi connectivity index (χ1) is 22.0. The van der Waals surface area contributed by atoms with Gasteiger partial charge in [-0.25, -0.2) is 0 Å². The molecule has 0 saturated heterocycles. The normalized spacial score (nSPS) is 13.8. The molecule has 46 heavy (non-hydrogen) atoms. The van der Waals surface area contributed by atoms with Crippen molar-refractivity contribution < 1.29 is 42.1 Å². The quantitative estimate of drug-likeness (QED) is 0.0287. The Morgan fingerprint density at radius 3 is 1.39 bits per heavy atom. The van der Waals surface area contributed by atoms with Crippen molar-refractivity contribution in [3.8, 4) is 0 Å². The summed E-state index contributed by atoms with van der Waals surface area (Å²) in [5.41, 5.74) is 0. The topological polar surface area (TPSA) is 111 Å². The zero-order valence-corrected chi connectivity index (χ0v) is 31.4. The Morgan fingerprint density at radius 2 is 0.978 bits per heavy atom. The highest BCUT2D eigenvalue weighted by atomic mass is 31.2. The van der Waals surface area contributed by atoms with Crippen LogP contribution in [-0.4, -0.2) is 70.0 Å². The van der Waals surface area contributed by atoms with Gasteiger partial charge < -0.3 is 27.9 Å². The fourth-order valence-corrected chi connectivity index (χ4v) is 5.85. The SMILES string of the molecule is CCCCCCCCCCCCCCCCCCCC(=O)O[C@H](COC(=O)CCCCCCC)COP(=O)([O-])OCC[N+](C)(C)C. The third kappa shape index (κ3) is 32.9. The monoisotopic (exact) mass is 677 g/mol. The van der Waals surface area contributed by atoms with E-state index in [9.17, 15) is 19.0 Å². The number of phosphoric acid groups is 1. The van der Waals surface area contributed by atoms with E-state index in [2.05, 4.69) is 13.8 Å². The minimum Gasteiger partial charge on any atom is -0.756 e. The van der Waals surface area contributed by atoms with Gasteiger partial charge in [0, 0.05) is 12.8 Å². The largest absolute Gasteiger partial charge is 0.756 e. The molecule has 0 N–H and O–H groups in total. The second kappa shape index (κ2) is 30.1. The van der Waals surface area contributed by atoms with E-state index in [1.807, 2.05) is 21.1 Å². The van der Waals surface area contributed by atoms with Gasteiger partial charge in [0.15, 0.2) is 6.10 Å². The molecule has 0 aliphatic heterocycles. The zero-order valence-electron chi connectivity index (χ0n) is 30.5. The molecule has 0 radical (unpaired) electrons. The lowest BCUT2D eigenvalue weighted by molar-refractivity contribution is -0.870. The van der Waals surface area contributed by atoms with Gasteiger partial charge >= 0.3 is 11.9 Å². The van der Waals surface area contributed by atoms with Gasteiger partial charge in [0.05, 0.1) is 27.7 Å². The number of ether oxygens (including phenoxy) is 2. The summed E-state index contributed by atoms with van der Waals surface area (Å²) in [6, 6.07) is 0. The van der Waals surface area contributed by atoms with Gasteiger partial charge in [-0.05, 0) is 12.8 Å². The van der Waals surface area contributed by atoms with Crippen LogP contribution in [0.3, 0.4) is 0 Å². The lowest BCUT2D eigenvalue weighted by Crippen LogP contribution is -2.37. The van der Waals surface area contributed by atoms with Crippen LogP contribution in [0.25, 0.3) is 0 Å². The highest BCUT2D eigenvalue weighted by Crippen LogP contribution is 2.38. The molecule has 0 aromatic rings. The maximum atomic E-state index is 12.5. The Morgan fingerprint density at radius 1 is 0.587 bits per heavy atom. The molecule has 1 unspecified atom stereocenters. The number of nitrogens with zero attached hydrogens (tertiary/aromatic N) is 1. The average molecular weight is 678 g/mol. The minimum absolute atomic E-state index is 0.0267. The third-order valence-corrected chi connectivity index (χ3v) is 9.09. The van der Waals surface area contributed by atoms with Gasteiger partial charge in [0.1, 0.15) is 19.8 Å². The van der Waals surface area contributed by atoms with Crippen molar-refractivity contribution in [3.63, 3.8) is 0 Å². The standard InChI is InChI=1S/C36H72NO8P/c1-6-8-10-12-13-14-15-16-17-18-19-20-21-22-23-25-27-29-36(39)45-34(32-42-35(38)28-26-24-11-9-7-2)33-44-46(40,41)43-31-30-37(3,4)5/h34H,6-33H2,1-5H3/t34-/m1/s1. The number of rotatable bonds is 34. The molecule has 0 aliphatic rings. The summed E-state index contributed by atoms with van der Waals surface area (Å²) in [6.07, 6.45) is 26.0.